The van der Waals surface area contributed by atoms with Crippen molar-refractivity contribution < 1.29 is 14.3 Å². The number of aromatic nitrogens is 2. The van der Waals surface area contributed by atoms with Crippen LogP contribution in [0.1, 0.15) is 12.1 Å². The van der Waals surface area contributed by atoms with E-state index in [4.69, 9.17) is 4.74 Å². The van der Waals surface area contributed by atoms with E-state index in [0.717, 1.165) is 12.1 Å². The molecule has 2 saturated carbocycles. The molecule has 5 rings (SSSR count). The van der Waals surface area contributed by atoms with Gasteiger partial charge in [-0.15, -0.1) is 0 Å². The monoisotopic (exact) mass is 445 g/mol. The van der Waals surface area contributed by atoms with Crippen LogP contribution in [0.5, 0.6) is 0 Å². The zero-order valence-electron chi connectivity index (χ0n) is 15.5. The summed E-state index contributed by atoms with van der Waals surface area (Å²) in [5.41, 5.74) is 1.35. The van der Waals surface area contributed by atoms with E-state index in [1.807, 2.05) is 30.3 Å². The van der Waals surface area contributed by atoms with Gasteiger partial charge in [0.25, 0.3) is 5.56 Å². The second-order valence-electron chi connectivity index (χ2n) is 7.89. The zero-order chi connectivity index (χ0) is 19.7. The minimum atomic E-state index is -0.468. The number of anilines is 1. The van der Waals surface area contributed by atoms with E-state index in [1.165, 1.54) is 4.68 Å². The number of hydrogen-bond donors (Lipinski definition) is 1. The highest BCUT2D eigenvalue weighted by atomic mass is 79.9. The Morgan fingerprint density at radius 2 is 1.93 bits per heavy atom. The number of amides is 1. The fourth-order valence-electron chi connectivity index (χ4n) is 5.25. The summed E-state index contributed by atoms with van der Waals surface area (Å²) in [6.07, 6.45) is 0.678. The first-order valence-electron chi connectivity index (χ1n) is 9.39. The highest BCUT2D eigenvalue weighted by molar-refractivity contribution is 9.09. The van der Waals surface area contributed by atoms with Crippen molar-refractivity contribution in [3.63, 3.8) is 0 Å². The number of esters is 1. The molecule has 2 aliphatic carbocycles. The average molecular weight is 446 g/mol. The number of hydrogen-bond acceptors (Lipinski definition) is 4. The van der Waals surface area contributed by atoms with Gasteiger partial charge in [0.15, 0.2) is 0 Å². The smallest absolute Gasteiger partial charge is 0.310 e. The maximum atomic E-state index is 13.1. The molecule has 2 bridgehead atoms. The number of ether oxygens (including phenoxy) is 1. The standard InChI is InChI=1S/C20H20BrN3O4/c1-9-16(19(26)24(23(9)2)10-6-4-3-5-7-10)22-18(25)13-11-8-12-14(13)20(27)28-17(12)15(11)21/h3-7,11-15,17H,8H2,1-2H3,(H,22,25)/t11-,12-,13-,14-,15+,17+/m1/s1. The molecule has 0 spiro atoms. The van der Waals surface area contributed by atoms with E-state index >= 15 is 0 Å². The number of para-hydroxylation sites is 1. The predicted molar refractivity (Wildman–Crippen MR) is 106 cm³/mol. The minimum absolute atomic E-state index is 0.00574. The SMILES string of the molecule is Cc1c(NC(=O)[C@@H]2[C@H]3C[C@H]4[C@H](OC(=O)[C@H]42)[C@H]3Br)c(=O)n(-c2ccccc2)n1C. The van der Waals surface area contributed by atoms with Crippen molar-refractivity contribution in [3.8, 4) is 5.69 Å². The van der Waals surface area contributed by atoms with E-state index < -0.39 is 11.8 Å². The molecule has 1 N–H and O–H groups in total. The van der Waals surface area contributed by atoms with E-state index in [1.54, 1.807) is 18.7 Å². The largest absolute Gasteiger partial charge is 0.461 e. The van der Waals surface area contributed by atoms with Gasteiger partial charge in [-0.25, -0.2) is 4.68 Å². The number of nitrogens with one attached hydrogen (secondary N) is 1. The molecule has 6 atom stereocenters. The lowest BCUT2D eigenvalue weighted by molar-refractivity contribution is -0.145. The van der Waals surface area contributed by atoms with Crippen LogP contribution < -0.4 is 10.9 Å². The van der Waals surface area contributed by atoms with Crippen LogP contribution in [-0.2, 0) is 21.4 Å². The highest BCUT2D eigenvalue weighted by Gasteiger charge is 2.67. The van der Waals surface area contributed by atoms with Crippen molar-refractivity contribution in [2.45, 2.75) is 24.3 Å². The number of halogens is 1. The van der Waals surface area contributed by atoms with E-state index in [2.05, 4.69) is 21.2 Å². The summed E-state index contributed by atoms with van der Waals surface area (Å²) < 4.78 is 8.72. The predicted octanol–water partition coefficient (Wildman–Crippen LogP) is 1.99. The third kappa shape index (κ3) is 2.24. The number of carbonyl (C=O) groups is 2. The third-order valence-corrected chi connectivity index (χ3v) is 7.83. The number of benzene rings is 1. The van der Waals surface area contributed by atoms with Crippen molar-refractivity contribution in [2.75, 3.05) is 5.32 Å². The van der Waals surface area contributed by atoms with Gasteiger partial charge in [-0.3, -0.25) is 19.1 Å². The molecule has 1 aromatic heterocycles. The second kappa shape index (κ2) is 6.07. The van der Waals surface area contributed by atoms with Crippen LogP contribution in [0.2, 0.25) is 0 Å². The van der Waals surface area contributed by atoms with Gasteiger partial charge in [-0.1, -0.05) is 34.1 Å². The molecule has 2 heterocycles. The summed E-state index contributed by atoms with van der Waals surface area (Å²) in [5.74, 6) is -1.28. The van der Waals surface area contributed by atoms with Gasteiger partial charge < -0.3 is 10.1 Å². The van der Waals surface area contributed by atoms with Crippen LogP contribution in [0.25, 0.3) is 5.69 Å². The first-order chi connectivity index (χ1) is 13.4. The Morgan fingerprint density at radius 3 is 2.64 bits per heavy atom. The van der Waals surface area contributed by atoms with E-state index in [9.17, 15) is 14.4 Å². The summed E-state index contributed by atoms with van der Waals surface area (Å²) in [6.45, 7) is 1.80. The molecule has 3 aliphatic rings. The van der Waals surface area contributed by atoms with Gasteiger partial charge in [0.05, 0.1) is 28.0 Å². The first-order valence-corrected chi connectivity index (χ1v) is 10.3. The Labute approximate surface area is 169 Å². The number of alkyl halides is 1. The van der Waals surface area contributed by atoms with Gasteiger partial charge in [0, 0.05) is 13.0 Å². The lowest BCUT2D eigenvalue weighted by Crippen LogP contribution is -2.41. The van der Waals surface area contributed by atoms with Crippen molar-refractivity contribution in [3.05, 3.63) is 46.4 Å². The van der Waals surface area contributed by atoms with Crippen LogP contribution in [0.4, 0.5) is 5.69 Å². The Kier molecular flexibility index (Phi) is 3.84. The van der Waals surface area contributed by atoms with Crippen LogP contribution in [0.3, 0.4) is 0 Å². The van der Waals surface area contributed by atoms with Crippen molar-refractivity contribution in [2.24, 2.45) is 30.7 Å². The molecule has 146 valence electrons. The lowest BCUT2D eigenvalue weighted by atomic mass is 9.79. The van der Waals surface area contributed by atoms with Gasteiger partial charge in [0.2, 0.25) is 5.91 Å². The molecule has 1 amide bonds. The first kappa shape index (κ1) is 17.7. The van der Waals surface area contributed by atoms with E-state index in [-0.39, 0.29) is 45.9 Å². The summed E-state index contributed by atoms with van der Waals surface area (Å²) in [4.78, 5) is 38.5. The number of rotatable bonds is 3. The van der Waals surface area contributed by atoms with Gasteiger partial charge in [0.1, 0.15) is 11.8 Å². The Hall–Kier alpha value is -2.35. The quantitative estimate of drug-likeness (QED) is 0.578. The molecule has 0 radical (unpaired) electrons. The molecule has 1 saturated heterocycles. The van der Waals surface area contributed by atoms with E-state index in [0.29, 0.717) is 5.69 Å². The molecule has 2 aromatic rings. The third-order valence-electron chi connectivity index (χ3n) is 6.63. The average Bonchev–Trinajstić information content (AvgIpc) is 3.34. The van der Waals surface area contributed by atoms with Gasteiger partial charge in [-0.2, -0.15) is 0 Å². The molecular formula is C20H20BrN3O4. The maximum absolute atomic E-state index is 13.1. The topological polar surface area (TPSA) is 82.3 Å². The molecule has 8 heteroatoms. The fourth-order valence-corrected chi connectivity index (χ4v) is 6.29. The van der Waals surface area contributed by atoms with Crippen LogP contribution in [-0.4, -0.2) is 32.2 Å². The normalized spacial score (nSPS) is 32.6. The van der Waals surface area contributed by atoms with Crippen LogP contribution in [0.15, 0.2) is 35.1 Å². The summed E-state index contributed by atoms with van der Waals surface area (Å²) in [5, 5.41) is 2.84. The second-order valence-corrected chi connectivity index (χ2v) is 8.94. The highest BCUT2D eigenvalue weighted by Crippen LogP contribution is 2.60. The Bertz CT molecular complexity index is 1040. The van der Waals surface area contributed by atoms with Gasteiger partial charge in [-0.05, 0) is 31.4 Å². The lowest BCUT2D eigenvalue weighted by Gasteiger charge is -2.27. The van der Waals surface area contributed by atoms with Gasteiger partial charge >= 0.3 is 5.97 Å². The van der Waals surface area contributed by atoms with Crippen LogP contribution in [0, 0.1) is 30.6 Å². The summed E-state index contributed by atoms with van der Waals surface area (Å²) in [7, 11) is 1.78. The number of fused-ring (bicyclic) bond motifs is 1. The van der Waals surface area contributed by atoms with Crippen molar-refractivity contribution in [1.29, 1.82) is 0 Å². The Morgan fingerprint density at radius 1 is 1.21 bits per heavy atom. The van der Waals surface area contributed by atoms with Crippen molar-refractivity contribution in [1.82, 2.24) is 9.36 Å². The molecule has 3 fully saturated rings. The Balaban J connectivity index is 1.49. The molecule has 7 nitrogen and oxygen atoms in total. The van der Waals surface area contributed by atoms with Crippen molar-refractivity contribution >= 4 is 33.5 Å². The number of carbonyl (C=O) groups excluding carboxylic acids is 2. The maximum Gasteiger partial charge on any atom is 0.310 e. The minimum Gasteiger partial charge on any atom is -0.461 e. The summed E-state index contributed by atoms with van der Waals surface area (Å²) in [6, 6.07) is 9.28. The molecule has 28 heavy (non-hydrogen) atoms. The number of nitrogens with zero attached hydrogens (tertiary/aromatic N) is 2. The fraction of sp³-hybridized carbons (Fsp3) is 0.450. The summed E-state index contributed by atoms with van der Waals surface area (Å²) >= 11 is 3.62. The molecule has 1 aromatic carbocycles. The molecular weight excluding hydrogens is 426 g/mol. The molecule has 1 aliphatic heterocycles. The molecule has 0 unspecified atom stereocenters. The van der Waals surface area contributed by atoms with Crippen LogP contribution >= 0.6 is 15.9 Å². The zero-order valence-corrected chi connectivity index (χ0v) is 17.0.